The summed E-state index contributed by atoms with van der Waals surface area (Å²) in [5.41, 5.74) is 2.31. The summed E-state index contributed by atoms with van der Waals surface area (Å²) in [7, 11) is 3.81. The molecule has 1 unspecified atom stereocenters. The van der Waals surface area contributed by atoms with Crippen LogP contribution in [0.25, 0.3) is 0 Å². The Morgan fingerprint density at radius 2 is 1.86 bits per heavy atom. The lowest BCUT2D eigenvalue weighted by Crippen LogP contribution is -2.17. The number of anilines is 1. The Hall–Kier alpha value is -1.06. The molecule has 0 bridgehead atoms. The predicted octanol–water partition coefficient (Wildman–Crippen LogP) is 1.37. The van der Waals surface area contributed by atoms with Crippen LogP contribution in [0, 0.1) is 0 Å². The molecule has 0 saturated heterocycles. The van der Waals surface area contributed by atoms with Gasteiger partial charge in [0.05, 0.1) is 0 Å². The normalized spacial score (nSPS) is 12.5. The Balaban J connectivity index is 2.73. The molecule has 1 aromatic carbocycles. The van der Waals surface area contributed by atoms with Crippen LogP contribution in [-0.2, 0) is 0 Å². The van der Waals surface area contributed by atoms with E-state index < -0.39 is 0 Å². The number of benzene rings is 1. The molecule has 0 aliphatic heterocycles. The standard InChI is InChI=1S/C11H18N2O/c1-12-10-5-3-9(4-6-10)11(13-2)7-8-14/h3-6,11-14H,7-8H2,1-2H3. The van der Waals surface area contributed by atoms with E-state index in [2.05, 4.69) is 22.8 Å². The van der Waals surface area contributed by atoms with Gasteiger partial charge in [-0.2, -0.15) is 0 Å². The summed E-state index contributed by atoms with van der Waals surface area (Å²) in [6, 6.07) is 8.46. The number of aliphatic hydroxyl groups is 1. The first-order valence-electron chi connectivity index (χ1n) is 4.87. The summed E-state index contributed by atoms with van der Waals surface area (Å²) in [5, 5.41) is 15.1. The molecule has 3 N–H and O–H groups in total. The van der Waals surface area contributed by atoms with E-state index in [1.807, 2.05) is 26.2 Å². The fourth-order valence-corrected chi connectivity index (χ4v) is 1.49. The fourth-order valence-electron chi connectivity index (χ4n) is 1.49. The Kier molecular flexibility index (Phi) is 4.43. The SMILES string of the molecule is CNc1ccc(C(CCO)NC)cc1. The molecular formula is C11H18N2O. The van der Waals surface area contributed by atoms with Gasteiger partial charge in [0.2, 0.25) is 0 Å². The van der Waals surface area contributed by atoms with Crippen LogP contribution < -0.4 is 10.6 Å². The molecule has 0 spiro atoms. The molecule has 0 aliphatic rings. The molecule has 3 heteroatoms. The van der Waals surface area contributed by atoms with Crippen molar-refractivity contribution in [1.82, 2.24) is 5.32 Å². The van der Waals surface area contributed by atoms with E-state index in [4.69, 9.17) is 5.11 Å². The van der Waals surface area contributed by atoms with Gasteiger partial charge in [-0.25, -0.2) is 0 Å². The van der Waals surface area contributed by atoms with Crippen molar-refractivity contribution in [2.24, 2.45) is 0 Å². The molecule has 0 fully saturated rings. The van der Waals surface area contributed by atoms with Gasteiger partial charge < -0.3 is 15.7 Å². The van der Waals surface area contributed by atoms with Crippen molar-refractivity contribution in [1.29, 1.82) is 0 Å². The third-order valence-corrected chi connectivity index (χ3v) is 2.37. The molecule has 3 nitrogen and oxygen atoms in total. The van der Waals surface area contributed by atoms with Crippen LogP contribution in [0.5, 0.6) is 0 Å². The lowest BCUT2D eigenvalue weighted by atomic mass is 10.0. The van der Waals surface area contributed by atoms with E-state index in [0.717, 1.165) is 12.1 Å². The van der Waals surface area contributed by atoms with Crippen LogP contribution in [0.4, 0.5) is 5.69 Å². The first kappa shape index (κ1) is 11.0. The number of hydrogen-bond acceptors (Lipinski definition) is 3. The first-order valence-corrected chi connectivity index (χ1v) is 4.87. The van der Waals surface area contributed by atoms with Gasteiger partial charge >= 0.3 is 0 Å². The Labute approximate surface area is 85.2 Å². The lowest BCUT2D eigenvalue weighted by Gasteiger charge is -2.15. The minimum absolute atomic E-state index is 0.208. The van der Waals surface area contributed by atoms with Crippen LogP contribution >= 0.6 is 0 Å². The van der Waals surface area contributed by atoms with Gasteiger partial charge in [-0.05, 0) is 31.2 Å². The lowest BCUT2D eigenvalue weighted by molar-refractivity contribution is 0.269. The van der Waals surface area contributed by atoms with E-state index in [1.165, 1.54) is 5.56 Å². The number of nitrogens with one attached hydrogen (secondary N) is 2. The van der Waals surface area contributed by atoms with Gasteiger partial charge in [0.25, 0.3) is 0 Å². The predicted molar refractivity (Wildman–Crippen MR) is 59.5 cm³/mol. The van der Waals surface area contributed by atoms with Crippen LogP contribution in [0.3, 0.4) is 0 Å². The molecular weight excluding hydrogens is 176 g/mol. The highest BCUT2D eigenvalue weighted by Gasteiger charge is 2.07. The third-order valence-electron chi connectivity index (χ3n) is 2.37. The zero-order chi connectivity index (χ0) is 10.4. The molecule has 1 aromatic rings. The van der Waals surface area contributed by atoms with Gasteiger partial charge in [0.1, 0.15) is 0 Å². The van der Waals surface area contributed by atoms with E-state index in [1.54, 1.807) is 0 Å². The average Bonchev–Trinajstić information content (AvgIpc) is 2.26. The van der Waals surface area contributed by atoms with E-state index in [9.17, 15) is 0 Å². The Morgan fingerprint density at radius 3 is 2.29 bits per heavy atom. The fraction of sp³-hybridized carbons (Fsp3) is 0.455. The van der Waals surface area contributed by atoms with Crippen molar-refractivity contribution in [3.8, 4) is 0 Å². The summed E-state index contributed by atoms with van der Waals surface area (Å²) < 4.78 is 0. The zero-order valence-corrected chi connectivity index (χ0v) is 8.75. The Bertz CT molecular complexity index is 258. The number of aliphatic hydroxyl groups excluding tert-OH is 1. The summed E-state index contributed by atoms with van der Waals surface area (Å²) in [6.45, 7) is 0.208. The smallest absolute Gasteiger partial charge is 0.0449 e. The van der Waals surface area contributed by atoms with Gasteiger partial charge in [-0.15, -0.1) is 0 Å². The molecule has 0 aliphatic carbocycles. The van der Waals surface area contributed by atoms with Crippen molar-refractivity contribution in [2.45, 2.75) is 12.5 Å². The van der Waals surface area contributed by atoms with Crippen LogP contribution in [0.2, 0.25) is 0 Å². The van der Waals surface area contributed by atoms with E-state index in [0.29, 0.717) is 0 Å². The molecule has 78 valence electrons. The summed E-state index contributed by atoms with van der Waals surface area (Å²) in [4.78, 5) is 0. The van der Waals surface area contributed by atoms with Crippen LogP contribution in [0.15, 0.2) is 24.3 Å². The molecule has 0 heterocycles. The maximum atomic E-state index is 8.88. The highest BCUT2D eigenvalue weighted by Crippen LogP contribution is 2.18. The number of hydrogen-bond donors (Lipinski definition) is 3. The molecule has 0 amide bonds. The van der Waals surface area contributed by atoms with Gasteiger partial charge in [-0.3, -0.25) is 0 Å². The second kappa shape index (κ2) is 5.62. The number of rotatable bonds is 5. The highest BCUT2D eigenvalue weighted by molar-refractivity contribution is 5.44. The van der Waals surface area contributed by atoms with Gasteiger partial charge in [0, 0.05) is 25.4 Å². The van der Waals surface area contributed by atoms with E-state index in [-0.39, 0.29) is 12.6 Å². The molecule has 1 rings (SSSR count). The van der Waals surface area contributed by atoms with Crippen molar-refractivity contribution in [3.05, 3.63) is 29.8 Å². The second-order valence-corrected chi connectivity index (χ2v) is 3.23. The molecule has 0 radical (unpaired) electrons. The minimum Gasteiger partial charge on any atom is -0.396 e. The molecule has 0 aromatic heterocycles. The average molecular weight is 194 g/mol. The maximum Gasteiger partial charge on any atom is 0.0449 e. The summed E-state index contributed by atoms with van der Waals surface area (Å²) in [5.74, 6) is 0. The largest absolute Gasteiger partial charge is 0.396 e. The Morgan fingerprint density at radius 1 is 1.21 bits per heavy atom. The monoisotopic (exact) mass is 194 g/mol. The summed E-state index contributed by atoms with van der Waals surface area (Å²) >= 11 is 0. The molecule has 0 saturated carbocycles. The van der Waals surface area contributed by atoms with Gasteiger partial charge in [0.15, 0.2) is 0 Å². The minimum atomic E-state index is 0.208. The molecule has 14 heavy (non-hydrogen) atoms. The third kappa shape index (κ3) is 2.72. The first-order chi connectivity index (χ1) is 6.81. The zero-order valence-electron chi connectivity index (χ0n) is 8.75. The second-order valence-electron chi connectivity index (χ2n) is 3.23. The quantitative estimate of drug-likeness (QED) is 0.663. The van der Waals surface area contributed by atoms with Crippen molar-refractivity contribution < 1.29 is 5.11 Å². The van der Waals surface area contributed by atoms with Crippen molar-refractivity contribution in [3.63, 3.8) is 0 Å². The summed E-state index contributed by atoms with van der Waals surface area (Å²) in [6.07, 6.45) is 0.745. The van der Waals surface area contributed by atoms with Crippen LogP contribution in [-0.4, -0.2) is 25.8 Å². The highest BCUT2D eigenvalue weighted by atomic mass is 16.3. The van der Waals surface area contributed by atoms with Gasteiger partial charge in [-0.1, -0.05) is 12.1 Å². The molecule has 1 atom stereocenters. The van der Waals surface area contributed by atoms with Crippen molar-refractivity contribution in [2.75, 3.05) is 26.0 Å². The van der Waals surface area contributed by atoms with Crippen LogP contribution in [0.1, 0.15) is 18.0 Å². The maximum absolute atomic E-state index is 8.88. The van der Waals surface area contributed by atoms with Crippen molar-refractivity contribution >= 4 is 5.69 Å². The van der Waals surface area contributed by atoms with E-state index >= 15 is 0 Å². The topological polar surface area (TPSA) is 44.3 Å².